The Kier molecular flexibility index (Phi) is 5.75. The van der Waals surface area contributed by atoms with Crippen LogP contribution in [0.3, 0.4) is 0 Å². The number of anilines is 1. The van der Waals surface area contributed by atoms with Gasteiger partial charge < -0.3 is 15.4 Å². The Balaban J connectivity index is 1.93. The van der Waals surface area contributed by atoms with Crippen molar-refractivity contribution in [1.29, 1.82) is 5.26 Å². The van der Waals surface area contributed by atoms with Gasteiger partial charge in [-0.15, -0.1) is 0 Å². The molecule has 0 saturated heterocycles. The van der Waals surface area contributed by atoms with Crippen LogP contribution in [-0.2, 0) is 0 Å². The third-order valence-electron chi connectivity index (χ3n) is 5.87. The van der Waals surface area contributed by atoms with Gasteiger partial charge in [0.05, 0.1) is 27.8 Å². The fourth-order valence-electron chi connectivity index (χ4n) is 4.29. The van der Waals surface area contributed by atoms with Gasteiger partial charge in [0.25, 0.3) is 5.69 Å². The number of nitro benzene ring substituents is 1. The lowest BCUT2D eigenvalue weighted by atomic mass is 9.84. The van der Waals surface area contributed by atoms with Gasteiger partial charge in [-0.1, -0.05) is 24.3 Å². The number of rotatable bonds is 6. The topological polar surface area (TPSA) is 123 Å². The third kappa shape index (κ3) is 3.65. The molecule has 2 heterocycles. The standard InChI is InChI=1S/C24H24N6O3/c1-4-28(5-2)19-12-11-16(13-20(19)30(31)32)22-18(14-25)23(26)33-24-21(22)15(3)27-29(24)17-9-7-6-8-10-17/h6-13,22H,4-5,26H2,1-3H3/t22-/m0/s1. The van der Waals surface area contributed by atoms with Gasteiger partial charge in [-0.25, -0.2) is 4.68 Å². The minimum Gasteiger partial charge on any atom is -0.422 e. The van der Waals surface area contributed by atoms with E-state index < -0.39 is 10.8 Å². The SMILES string of the molecule is CCN(CC)c1ccc([C@H]2C(C#N)=C(N)Oc3c2c(C)nn3-c2ccccc2)cc1[N+](=O)[O-]. The van der Waals surface area contributed by atoms with Crippen molar-refractivity contribution in [2.45, 2.75) is 26.7 Å². The molecule has 0 aliphatic carbocycles. The van der Waals surface area contributed by atoms with E-state index in [-0.39, 0.29) is 17.1 Å². The number of para-hydroxylation sites is 1. The van der Waals surface area contributed by atoms with E-state index in [9.17, 15) is 15.4 Å². The van der Waals surface area contributed by atoms with Crippen LogP contribution in [0.1, 0.15) is 36.6 Å². The van der Waals surface area contributed by atoms with Crippen LogP contribution in [0.2, 0.25) is 0 Å². The van der Waals surface area contributed by atoms with E-state index in [1.54, 1.807) is 10.7 Å². The zero-order valence-electron chi connectivity index (χ0n) is 18.6. The van der Waals surface area contributed by atoms with Crippen LogP contribution < -0.4 is 15.4 Å². The molecule has 4 rings (SSSR count). The fraction of sp³-hybridized carbons (Fsp3) is 0.250. The van der Waals surface area contributed by atoms with E-state index in [1.807, 2.05) is 62.1 Å². The van der Waals surface area contributed by atoms with Crippen LogP contribution in [0.15, 0.2) is 60.0 Å². The van der Waals surface area contributed by atoms with Gasteiger partial charge in [-0.3, -0.25) is 10.1 Å². The molecule has 1 atom stereocenters. The molecule has 9 heteroatoms. The molecular formula is C24H24N6O3. The Morgan fingerprint density at radius 2 is 1.94 bits per heavy atom. The number of nitriles is 1. The fourth-order valence-corrected chi connectivity index (χ4v) is 4.29. The molecule has 33 heavy (non-hydrogen) atoms. The van der Waals surface area contributed by atoms with Gasteiger partial charge in [0, 0.05) is 19.2 Å². The third-order valence-corrected chi connectivity index (χ3v) is 5.87. The number of aryl methyl sites for hydroxylation is 1. The number of ether oxygens (including phenoxy) is 1. The van der Waals surface area contributed by atoms with Crippen LogP contribution in [0.5, 0.6) is 5.88 Å². The zero-order chi connectivity index (χ0) is 23.7. The first-order valence-corrected chi connectivity index (χ1v) is 10.7. The average Bonchev–Trinajstić information content (AvgIpc) is 3.15. The normalized spacial score (nSPS) is 14.9. The molecule has 0 saturated carbocycles. The number of hydrogen-bond donors (Lipinski definition) is 1. The van der Waals surface area contributed by atoms with Gasteiger partial charge in [-0.2, -0.15) is 10.4 Å². The van der Waals surface area contributed by atoms with Gasteiger partial charge in [0.1, 0.15) is 17.3 Å². The van der Waals surface area contributed by atoms with Crippen molar-refractivity contribution in [3.8, 4) is 17.6 Å². The van der Waals surface area contributed by atoms with Crippen LogP contribution in [-0.4, -0.2) is 27.8 Å². The number of aromatic nitrogens is 2. The molecule has 1 aliphatic rings. The summed E-state index contributed by atoms with van der Waals surface area (Å²) in [6.45, 7) is 6.99. The summed E-state index contributed by atoms with van der Waals surface area (Å²) in [5.41, 5.74) is 9.54. The van der Waals surface area contributed by atoms with Gasteiger partial charge in [0.2, 0.25) is 11.8 Å². The first-order valence-electron chi connectivity index (χ1n) is 10.7. The monoisotopic (exact) mass is 444 g/mol. The number of allylic oxidation sites excluding steroid dienone is 1. The number of fused-ring (bicyclic) bond motifs is 1. The second kappa shape index (κ2) is 8.67. The van der Waals surface area contributed by atoms with Crippen molar-refractivity contribution >= 4 is 11.4 Å². The van der Waals surface area contributed by atoms with E-state index in [1.165, 1.54) is 6.07 Å². The minimum atomic E-state index is -0.638. The van der Waals surface area contributed by atoms with Gasteiger partial charge in [-0.05, 0) is 44.5 Å². The number of benzene rings is 2. The molecule has 1 aromatic heterocycles. The van der Waals surface area contributed by atoms with E-state index in [4.69, 9.17) is 10.5 Å². The maximum absolute atomic E-state index is 11.9. The Labute approximate surface area is 191 Å². The lowest BCUT2D eigenvalue weighted by molar-refractivity contribution is -0.384. The highest BCUT2D eigenvalue weighted by atomic mass is 16.6. The van der Waals surface area contributed by atoms with Crippen molar-refractivity contribution < 1.29 is 9.66 Å². The van der Waals surface area contributed by atoms with E-state index in [0.29, 0.717) is 41.5 Å². The Morgan fingerprint density at radius 1 is 1.24 bits per heavy atom. The van der Waals surface area contributed by atoms with Crippen molar-refractivity contribution in [3.05, 3.63) is 86.9 Å². The predicted octanol–water partition coefficient (Wildman–Crippen LogP) is 4.15. The molecule has 0 fully saturated rings. The zero-order valence-corrected chi connectivity index (χ0v) is 18.6. The molecule has 0 unspecified atom stereocenters. The molecule has 0 bridgehead atoms. The summed E-state index contributed by atoms with van der Waals surface area (Å²) in [4.78, 5) is 13.5. The molecule has 168 valence electrons. The molecule has 0 radical (unpaired) electrons. The molecule has 0 amide bonds. The largest absolute Gasteiger partial charge is 0.422 e. The molecule has 3 aromatic rings. The quantitative estimate of drug-likeness (QED) is 0.447. The average molecular weight is 444 g/mol. The molecule has 1 aliphatic heterocycles. The summed E-state index contributed by atoms with van der Waals surface area (Å²) < 4.78 is 7.50. The summed E-state index contributed by atoms with van der Waals surface area (Å²) in [5, 5.41) is 26.5. The Morgan fingerprint density at radius 3 is 2.55 bits per heavy atom. The van der Waals surface area contributed by atoms with Crippen molar-refractivity contribution in [2.24, 2.45) is 5.73 Å². The summed E-state index contributed by atoms with van der Waals surface area (Å²) in [6.07, 6.45) is 0. The van der Waals surface area contributed by atoms with Crippen LogP contribution >= 0.6 is 0 Å². The highest BCUT2D eigenvalue weighted by molar-refractivity contribution is 5.67. The van der Waals surface area contributed by atoms with E-state index in [0.717, 1.165) is 5.69 Å². The van der Waals surface area contributed by atoms with Crippen LogP contribution in [0.25, 0.3) is 5.69 Å². The molecule has 2 N–H and O–H groups in total. The summed E-state index contributed by atoms with van der Waals surface area (Å²) in [6, 6.07) is 16.6. The van der Waals surface area contributed by atoms with Gasteiger partial charge >= 0.3 is 0 Å². The van der Waals surface area contributed by atoms with Crippen LogP contribution in [0, 0.1) is 28.4 Å². The lowest BCUT2D eigenvalue weighted by Gasteiger charge is -2.26. The summed E-state index contributed by atoms with van der Waals surface area (Å²) >= 11 is 0. The van der Waals surface area contributed by atoms with E-state index in [2.05, 4.69) is 11.2 Å². The van der Waals surface area contributed by atoms with Crippen molar-refractivity contribution in [2.75, 3.05) is 18.0 Å². The molecule has 2 aromatic carbocycles. The second-order valence-electron chi connectivity index (χ2n) is 7.65. The Hall–Kier alpha value is -4.32. The summed E-state index contributed by atoms with van der Waals surface area (Å²) in [7, 11) is 0. The highest BCUT2D eigenvalue weighted by Gasteiger charge is 2.37. The maximum atomic E-state index is 11.9. The molecule has 0 spiro atoms. The van der Waals surface area contributed by atoms with Gasteiger partial charge in [0.15, 0.2) is 0 Å². The number of hydrogen-bond acceptors (Lipinski definition) is 7. The molecule has 9 nitrogen and oxygen atoms in total. The van der Waals surface area contributed by atoms with Crippen LogP contribution in [0.4, 0.5) is 11.4 Å². The smallest absolute Gasteiger partial charge is 0.292 e. The first-order chi connectivity index (χ1) is 15.9. The predicted molar refractivity (Wildman–Crippen MR) is 124 cm³/mol. The Bertz CT molecular complexity index is 1290. The van der Waals surface area contributed by atoms with E-state index >= 15 is 0 Å². The van der Waals surface area contributed by atoms with Crippen molar-refractivity contribution in [1.82, 2.24) is 9.78 Å². The first kappa shape index (κ1) is 21.9. The number of nitrogens with two attached hydrogens (primary N) is 1. The highest BCUT2D eigenvalue weighted by Crippen LogP contribution is 2.46. The van der Waals surface area contributed by atoms with Crippen molar-refractivity contribution in [3.63, 3.8) is 0 Å². The second-order valence-corrected chi connectivity index (χ2v) is 7.65. The maximum Gasteiger partial charge on any atom is 0.292 e. The number of nitrogens with zero attached hydrogens (tertiary/aromatic N) is 5. The number of nitro groups is 1. The molecular weight excluding hydrogens is 420 g/mol. The lowest BCUT2D eigenvalue weighted by Crippen LogP contribution is -2.24. The minimum absolute atomic E-state index is 0.0202. The summed E-state index contributed by atoms with van der Waals surface area (Å²) in [5.74, 6) is -0.279.